The van der Waals surface area contributed by atoms with Gasteiger partial charge < -0.3 is 15.8 Å². The minimum atomic E-state index is -3.29. The molecule has 1 aromatic heterocycles. The average Bonchev–Trinajstić information content (AvgIpc) is 2.37. The van der Waals surface area contributed by atoms with E-state index in [1.54, 1.807) is 18.2 Å². The van der Waals surface area contributed by atoms with Crippen molar-refractivity contribution in [3.63, 3.8) is 0 Å². The maximum atomic E-state index is 11.5. The number of rotatable bonds is 5. The van der Waals surface area contributed by atoms with Gasteiger partial charge in [0.15, 0.2) is 9.84 Å². The number of nitrogens with one attached hydrogen (secondary N) is 1. The normalized spacial score (nSPS) is 11.1. The van der Waals surface area contributed by atoms with Crippen LogP contribution >= 0.6 is 0 Å². The SMILES string of the molecule is CCNc1cc(Oc2cccc(S(C)(=O)=O)c2)nc(N)n1. The number of ether oxygens (including phenoxy) is 1. The summed E-state index contributed by atoms with van der Waals surface area (Å²) in [7, 11) is -3.29. The molecule has 7 nitrogen and oxygen atoms in total. The molecular weight excluding hydrogens is 292 g/mol. The van der Waals surface area contributed by atoms with E-state index in [9.17, 15) is 8.42 Å². The van der Waals surface area contributed by atoms with E-state index in [4.69, 9.17) is 10.5 Å². The van der Waals surface area contributed by atoms with Crippen LogP contribution in [0, 0.1) is 0 Å². The van der Waals surface area contributed by atoms with Crippen molar-refractivity contribution in [3.8, 4) is 11.6 Å². The van der Waals surface area contributed by atoms with E-state index < -0.39 is 9.84 Å². The van der Waals surface area contributed by atoms with E-state index in [0.717, 1.165) is 6.26 Å². The average molecular weight is 308 g/mol. The molecule has 1 aromatic carbocycles. The van der Waals surface area contributed by atoms with E-state index in [0.29, 0.717) is 18.1 Å². The van der Waals surface area contributed by atoms with E-state index >= 15 is 0 Å². The summed E-state index contributed by atoms with van der Waals surface area (Å²) in [5.74, 6) is 1.21. The summed E-state index contributed by atoms with van der Waals surface area (Å²) >= 11 is 0. The van der Waals surface area contributed by atoms with Crippen LogP contribution in [0.4, 0.5) is 11.8 Å². The molecule has 2 aromatic rings. The van der Waals surface area contributed by atoms with E-state index in [1.807, 2.05) is 6.92 Å². The lowest BCUT2D eigenvalue weighted by atomic mass is 10.3. The molecule has 21 heavy (non-hydrogen) atoms. The molecule has 3 N–H and O–H groups in total. The van der Waals surface area contributed by atoms with Crippen LogP contribution in [-0.2, 0) is 9.84 Å². The number of aromatic nitrogens is 2. The van der Waals surface area contributed by atoms with Gasteiger partial charge >= 0.3 is 0 Å². The largest absolute Gasteiger partial charge is 0.439 e. The summed E-state index contributed by atoms with van der Waals surface area (Å²) in [4.78, 5) is 8.13. The van der Waals surface area contributed by atoms with Gasteiger partial charge in [-0.2, -0.15) is 9.97 Å². The monoisotopic (exact) mass is 308 g/mol. The Kier molecular flexibility index (Phi) is 4.27. The fourth-order valence-corrected chi connectivity index (χ4v) is 2.31. The number of nitrogen functional groups attached to an aromatic ring is 1. The zero-order valence-corrected chi connectivity index (χ0v) is 12.5. The number of sulfone groups is 1. The number of benzene rings is 1. The van der Waals surface area contributed by atoms with Crippen molar-refractivity contribution in [2.45, 2.75) is 11.8 Å². The maximum Gasteiger partial charge on any atom is 0.226 e. The van der Waals surface area contributed by atoms with Crippen molar-refractivity contribution in [1.29, 1.82) is 0 Å². The molecule has 0 saturated heterocycles. The third-order valence-electron chi connectivity index (χ3n) is 2.53. The highest BCUT2D eigenvalue weighted by Crippen LogP contribution is 2.24. The van der Waals surface area contributed by atoms with Gasteiger partial charge in [0.25, 0.3) is 0 Å². The van der Waals surface area contributed by atoms with Gasteiger partial charge in [-0.05, 0) is 25.1 Å². The van der Waals surface area contributed by atoms with Crippen LogP contribution in [-0.4, -0.2) is 31.2 Å². The molecule has 112 valence electrons. The number of anilines is 2. The predicted octanol–water partition coefficient (Wildman–Crippen LogP) is 1.69. The van der Waals surface area contributed by atoms with Crippen LogP contribution in [0.15, 0.2) is 35.2 Å². The zero-order chi connectivity index (χ0) is 15.5. The molecular formula is C13H16N4O3S. The smallest absolute Gasteiger partial charge is 0.226 e. The van der Waals surface area contributed by atoms with Gasteiger partial charge in [-0.3, -0.25) is 0 Å². The Hall–Kier alpha value is -2.35. The second-order valence-corrected chi connectivity index (χ2v) is 6.34. The van der Waals surface area contributed by atoms with E-state index in [-0.39, 0.29) is 16.7 Å². The summed E-state index contributed by atoms with van der Waals surface area (Å²) in [6.07, 6.45) is 1.14. The summed E-state index contributed by atoms with van der Waals surface area (Å²) in [5.41, 5.74) is 5.60. The van der Waals surface area contributed by atoms with Crippen LogP contribution in [0.2, 0.25) is 0 Å². The predicted molar refractivity (Wildman–Crippen MR) is 80.2 cm³/mol. The number of nitrogens with zero attached hydrogens (tertiary/aromatic N) is 2. The van der Waals surface area contributed by atoms with Crippen LogP contribution in [0.1, 0.15) is 6.92 Å². The topological polar surface area (TPSA) is 107 Å². The molecule has 0 aliphatic rings. The van der Waals surface area contributed by atoms with Gasteiger partial charge in [0.1, 0.15) is 11.6 Å². The Morgan fingerprint density at radius 2 is 2.05 bits per heavy atom. The van der Waals surface area contributed by atoms with Gasteiger partial charge in [0, 0.05) is 18.9 Å². The Balaban J connectivity index is 2.30. The molecule has 0 amide bonds. The first kappa shape index (κ1) is 15.0. The number of hydrogen-bond acceptors (Lipinski definition) is 7. The summed E-state index contributed by atoms with van der Waals surface area (Å²) < 4.78 is 28.6. The molecule has 0 spiro atoms. The van der Waals surface area contributed by atoms with Gasteiger partial charge in [0.2, 0.25) is 11.8 Å². The quantitative estimate of drug-likeness (QED) is 0.865. The van der Waals surface area contributed by atoms with Gasteiger partial charge in [-0.15, -0.1) is 0 Å². The maximum absolute atomic E-state index is 11.5. The van der Waals surface area contributed by atoms with Crippen molar-refractivity contribution in [3.05, 3.63) is 30.3 Å². The molecule has 8 heteroatoms. The third kappa shape index (κ3) is 4.06. The molecule has 0 atom stereocenters. The van der Waals surface area contributed by atoms with Crippen molar-refractivity contribution < 1.29 is 13.2 Å². The van der Waals surface area contributed by atoms with Gasteiger partial charge in [0.05, 0.1) is 4.90 Å². The van der Waals surface area contributed by atoms with Crippen LogP contribution in [0.5, 0.6) is 11.6 Å². The first-order valence-corrected chi connectivity index (χ1v) is 8.14. The molecule has 0 saturated carbocycles. The number of hydrogen-bond donors (Lipinski definition) is 2. The van der Waals surface area contributed by atoms with Gasteiger partial charge in [-0.25, -0.2) is 8.42 Å². The molecule has 0 aliphatic carbocycles. The zero-order valence-electron chi connectivity index (χ0n) is 11.7. The molecule has 0 radical (unpaired) electrons. The summed E-state index contributed by atoms with van der Waals surface area (Å²) in [5, 5.41) is 3.00. The molecule has 0 unspecified atom stereocenters. The molecule has 0 bridgehead atoms. The minimum Gasteiger partial charge on any atom is -0.439 e. The van der Waals surface area contributed by atoms with Crippen LogP contribution in [0.25, 0.3) is 0 Å². The Morgan fingerprint density at radius 1 is 1.29 bits per heavy atom. The lowest BCUT2D eigenvalue weighted by Gasteiger charge is -2.09. The van der Waals surface area contributed by atoms with Crippen LogP contribution in [0.3, 0.4) is 0 Å². The Morgan fingerprint density at radius 3 is 2.71 bits per heavy atom. The third-order valence-corrected chi connectivity index (χ3v) is 3.64. The lowest BCUT2D eigenvalue weighted by Crippen LogP contribution is -2.04. The highest BCUT2D eigenvalue weighted by atomic mass is 32.2. The summed E-state index contributed by atoms with van der Waals surface area (Å²) in [6.45, 7) is 2.61. The van der Waals surface area contributed by atoms with Gasteiger partial charge in [-0.1, -0.05) is 6.07 Å². The first-order valence-electron chi connectivity index (χ1n) is 6.25. The van der Waals surface area contributed by atoms with Crippen molar-refractivity contribution in [2.24, 2.45) is 0 Å². The van der Waals surface area contributed by atoms with Crippen LogP contribution < -0.4 is 15.8 Å². The lowest BCUT2D eigenvalue weighted by molar-refractivity contribution is 0.461. The van der Waals surface area contributed by atoms with E-state index in [2.05, 4.69) is 15.3 Å². The van der Waals surface area contributed by atoms with E-state index in [1.165, 1.54) is 12.1 Å². The molecule has 0 fully saturated rings. The molecule has 0 aliphatic heterocycles. The minimum absolute atomic E-state index is 0.0720. The van der Waals surface area contributed by atoms with Crippen molar-refractivity contribution in [2.75, 3.05) is 23.9 Å². The fourth-order valence-electron chi connectivity index (χ4n) is 1.66. The first-order chi connectivity index (χ1) is 9.88. The standard InChI is InChI=1S/C13H16N4O3S/c1-3-15-11-8-12(17-13(14)16-11)20-9-5-4-6-10(7-9)21(2,18)19/h4-8H,3H2,1-2H3,(H3,14,15,16,17). The number of nitrogens with two attached hydrogens (primary N) is 1. The molecule has 1 heterocycles. The second-order valence-electron chi connectivity index (χ2n) is 4.33. The molecule has 2 rings (SSSR count). The highest BCUT2D eigenvalue weighted by molar-refractivity contribution is 7.90. The fraction of sp³-hybridized carbons (Fsp3) is 0.231. The Bertz CT molecular complexity index is 747. The highest BCUT2D eigenvalue weighted by Gasteiger charge is 2.09. The van der Waals surface area contributed by atoms with Crippen molar-refractivity contribution in [1.82, 2.24) is 9.97 Å². The second kappa shape index (κ2) is 5.96. The Labute approximate surface area is 123 Å². The van der Waals surface area contributed by atoms with Crippen molar-refractivity contribution >= 4 is 21.6 Å². The summed E-state index contributed by atoms with van der Waals surface area (Å²) in [6, 6.07) is 7.76.